The zero-order valence-corrected chi connectivity index (χ0v) is 23.5. The Balaban J connectivity index is 1.98. The molecule has 0 N–H and O–H groups in total. The van der Waals surface area contributed by atoms with Crippen LogP contribution in [-0.4, -0.2) is 63.7 Å². The highest BCUT2D eigenvalue weighted by atomic mass is 32.2. The van der Waals surface area contributed by atoms with E-state index in [4.69, 9.17) is 24.7 Å². The SMILES string of the molecule is CCOCCn1c(=NC(=O)c2ccc(S(=O)(=O)N(CCC#N)CCC#N)cc2)sc2cc(OC)c(OC)cc21. The van der Waals surface area contributed by atoms with Crippen molar-refractivity contribution in [3.05, 3.63) is 46.8 Å². The fraction of sp³-hybridized carbons (Fsp3) is 0.385. The first-order chi connectivity index (χ1) is 18.8. The van der Waals surface area contributed by atoms with Crippen molar-refractivity contribution < 1.29 is 27.4 Å². The molecule has 0 fully saturated rings. The summed E-state index contributed by atoms with van der Waals surface area (Å²) in [6, 6.07) is 12.9. The van der Waals surface area contributed by atoms with E-state index in [-0.39, 0.29) is 36.4 Å². The van der Waals surface area contributed by atoms with Gasteiger partial charge in [-0.1, -0.05) is 11.3 Å². The first kappa shape index (κ1) is 29.8. The van der Waals surface area contributed by atoms with Crippen molar-refractivity contribution in [3.8, 4) is 23.6 Å². The average Bonchev–Trinajstić information content (AvgIpc) is 3.27. The molecule has 0 aliphatic rings. The predicted octanol–water partition coefficient (Wildman–Crippen LogP) is 3.32. The summed E-state index contributed by atoms with van der Waals surface area (Å²) in [6.45, 7) is 3.26. The van der Waals surface area contributed by atoms with E-state index in [2.05, 4.69) is 4.99 Å². The number of sulfonamides is 1. The van der Waals surface area contributed by atoms with Gasteiger partial charge in [0.2, 0.25) is 10.0 Å². The third kappa shape index (κ3) is 7.02. The van der Waals surface area contributed by atoms with Crippen LogP contribution in [0.3, 0.4) is 0 Å². The second kappa shape index (κ2) is 13.9. The molecule has 0 spiro atoms. The smallest absolute Gasteiger partial charge is 0.279 e. The van der Waals surface area contributed by atoms with Crippen molar-refractivity contribution in [2.45, 2.75) is 31.2 Å². The Labute approximate surface area is 231 Å². The van der Waals surface area contributed by atoms with Crippen LogP contribution in [0.5, 0.6) is 11.5 Å². The van der Waals surface area contributed by atoms with Crippen molar-refractivity contribution in [1.82, 2.24) is 8.87 Å². The van der Waals surface area contributed by atoms with Crippen molar-refractivity contribution in [1.29, 1.82) is 10.5 Å². The number of benzene rings is 2. The van der Waals surface area contributed by atoms with Gasteiger partial charge in [-0.05, 0) is 31.2 Å². The molecule has 3 rings (SSSR count). The minimum Gasteiger partial charge on any atom is -0.493 e. The summed E-state index contributed by atoms with van der Waals surface area (Å²) in [5.41, 5.74) is 1.01. The van der Waals surface area contributed by atoms with Crippen LogP contribution in [0.15, 0.2) is 46.3 Å². The number of ether oxygens (including phenoxy) is 3. The number of hydrogen-bond donors (Lipinski definition) is 0. The molecule has 3 aromatic rings. The van der Waals surface area contributed by atoms with E-state index < -0.39 is 15.9 Å². The van der Waals surface area contributed by atoms with Crippen LogP contribution in [0.25, 0.3) is 10.2 Å². The van der Waals surface area contributed by atoms with Crippen LogP contribution in [0.4, 0.5) is 0 Å². The number of carbonyl (C=O) groups excluding carboxylic acids is 1. The molecule has 39 heavy (non-hydrogen) atoms. The van der Waals surface area contributed by atoms with E-state index in [0.717, 1.165) is 14.5 Å². The Morgan fingerprint density at radius 2 is 1.67 bits per heavy atom. The monoisotopic (exact) mass is 571 g/mol. The minimum atomic E-state index is -3.95. The molecule has 0 radical (unpaired) electrons. The van der Waals surface area contributed by atoms with E-state index in [0.29, 0.717) is 36.1 Å². The lowest BCUT2D eigenvalue weighted by Crippen LogP contribution is -2.32. The Morgan fingerprint density at radius 1 is 1.05 bits per heavy atom. The average molecular weight is 572 g/mol. The summed E-state index contributed by atoms with van der Waals surface area (Å²) in [5.74, 6) is 0.554. The van der Waals surface area contributed by atoms with E-state index in [9.17, 15) is 13.2 Å². The largest absolute Gasteiger partial charge is 0.493 e. The van der Waals surface area contributed by atoms with Gasteiger partial charge in [0.05, 0.1) is 48.1 Å². The zero-order valence-electron chi connectivity index (χ0n) is 21.9. The summed E-state index contributed by atoms with van der Waals surface area (Å²) in [7, 11) is -0.853. The number of hydrogen-bond acceptors (Lipinski definition) is 9. The molecule has 0 unspecified atom stereocenters. The van der Waals surface area contributed by atoms with Crippen molar-refractivity contribution in [2.24, 2.45) is 4.99 Å². The topological polar surface area (TPSA) is 147 Å². The predicted molar refractivity (Wildman–Crippen MR) is 145 cm³/mol. The van der Waals surface area contributed by atoms with Crippen LogP contribution >= 0.6 is 11.3 Å². The third-order valence-corrected chi connectivity index (χ3v) is 8.69. The van der Waals surface area contributed by atoms with Crippen LogP contribution in [0, 0.1) is 22.7 Å². The highest BCUT2D eigenvalue weighted by Crippen LogP contribution is 2.33. The molecular formula is C26H29N5O6S2. The molecule has 0 bridgehead atoms. The van der Waals surface area contributed by atoms with E-state index in [1.54, 1.807) is 14.2 Å². The first-order valence-electron chi connectivity index (χ1n) is 12.1. The molecule has 1 heterocycles. The molecule has 2 aromatic carbocycles. The number of nitrogens with zero attached hydrogens (tertiary/aromatic N) is 5. The standard InChI is InChI=1S/C26H29N5O6S2/c1-4-37-16-15-31-21-17-22(35-2)23(36-3)18-24(21)38-26(31)29-25(32)19-7-9-20(10-8-19)39(33,34)30(13-5-11-27)14-6-12-28/h7-10,17-18H,4-6,13-16H2,1-3H3. The van der Waals surface area contributed by atoms with Crippen LogP contribution in [0.1, 0.15) is 30.1 Å². The van der Waals surface area contributed by atoms with Gasteiger partial charge in [0.15, 0.2) is 16.3 Å². The molecule has 13 heteroatoms. The second-order valence-electron chi connectivity index (χ2n) is 8.07. The molecular weight excluding hydrogens is 542 g/mol. The Hall–Kier alpha value is -3.75. The number of aromatic nitrogens is 1. The molecule has 0 aliphatic heterocycles. The maximum atomic E-state index is 13.1. The molecule has 1 aromatic heterocycles. The summed E-state index contributed by atoms with van der Waals surface area (Å²) >= 11 is 1.31. The van der Waals surface area contributed by atoms with Gasteiger partial charge in [-0.3, -0.25) is 4.79 Å². The van der Waals surface area contributed by atoms with Gasteiger partial charge in [0, 0.05) is 56.8 Å². The number of rotatable bonds is 13. The zero-order chi connectivity index (χ0) is 28.4. The molecule has 206 valence electrons. The third-order valence-electron chi connectivity index (χ3n) is 5.73. The van der Waals surface area contributed by atoms with Crippen molar-refractivity contribution >= 4 is 37.5 Å². The number of nitriles is 2. The van der Waals surface area contributed by atoms with Crippen molar-refractivity contribution in [3.63, 3.8) is 0 Å². The van der Waals surface area contributed by atoms with Gasteiger partial charge in [0.25, 0.3) is 5.91 Å². The lowest BCUT2D eigenvalue weighted by Gasteiger charge is -2.20. The van der Waals surface area contributed by atoms with Gasteiger partial charge in [-0.15, -0.1) is 0 Å². The highest BCUT2D eigenvalue weighted by Gasteiger charge is 2.24. The summed E-state index contributed by atoms with van der Waals surface area (Å²) in [6.07, 6.45) is -0.00730. The number of thiazole rings is 1. The van der Waals surface area contributed by atoms with Crippen molar-refractivity contribution in [2.75, 3.05) is 40.5 Å². The van der Waals surface area contributed by atoms with E-state index in [1.165, 1.54) is 35.6 Å². The molecule has 0 saturated carbocycles. The Morgan fingerprint density at radius 3 is 2.23 bits per heavy atom. The summed E-state index contributed by atoms with van der Waals surface area (Å²) in [4.78, 5) is 17.9. The number of carbonyl (C=O) groups is 1. The quantitative estimate of drug-likeness (QED) is 0.284. The first-order valence-corrected chi connectivity index (χ1v) is 14.3. The highest BCUT2D eigenvalue weighted by molar-refractivity contribution is 7.89. The maximum Gasteiger partial charge on any atom is 0.279 e. The molecule has 0 aliphatic carbocycles. The van der Waals surface area contributed by atoms with Gasteiger partial charge in [-0.2, -0.15) is 19.8 Å². The number of fused-ring (bicyclic) bond motifs is 1. The molecule has 0 saturated heterocycles. The van der Waals surface area contributed by atoms with Gasteiger partial charge in [0.1, 0.15) is 0 Å². The van der Waals surface area contributed by atoms with Gasteiger partial charge >= 0.3 is 0 Å². The van der Waals surface area contributed by atoms with Crippen LogP contribution in [-0.2, 0) is 21.3 Å². The minimum absolute atomic E-state index is 0.00365. The number of amides is 1. The van der Waals surface area contributed by atoms with Crippen LogP contribution < -0.4 is 14.3 Å². The van der Waals surface area contributed by atoms with Gasteiger partial charge < -0.3 is 18.8 Å². The normalized spacial score (nSPS) is 11.9. The molecule has 1 amide bonds. The Bertz CT molecular complexity index is 1550. The van der Waals surface area contributed by atoms with E-state index in [1.807, 2.05) is 35.8 Å². The lowest BCUT2D eigenvalue weighted by molar-refractivity contribution is 0.0996. The molecule has 11 nitrogen and oxygen atoms in total. The van der Waals surface area contributed by atoms with Crippen LogP contribution in [0.2, 0.25) is 0 Å². The fourth-order valence-electron chi connectivity index (χ4n) is 3.77. The van der Waals surface area contributed by atoms with E-state index >= 15 is 0 Å². The second-order valence-corrected chi connectivity index (χ2v) is 11.0. The fourth-order valence-corrected chi connectivity index (χ4v) is 6.28. The summed E-state index contributed by atoms with van der Waals surface area (Å²) in [5, 5.41) is 17.7. The Kier molecular flexibility index (Phi) is 10.6. The number of methoxy groups -OCH3 is 2. The summed E-state index contributed by atoms with van der Waals surface area (Å²) < 4.78 is 46.3. The lowest BCUT2D eigenvalue weighted by atomic mass is 10.2. The van der Waals surface area contributed by atoms with Gasteiger partial charge in [-0.25, -0.2) is 8.42 Å². The maximum absolute atomic E-state index is 13.1. The molecule has 0 atom stereocenters.